The minimum Gasteiger partial charge on any atom is -0.369 e. The van der Waals surface area contributed by atoms with Gasteiger partial charge in [0.2, 0.25) is 10.0 Å². The van der Waals surface area contributed by atoms with Crippen molar-refractivity contribution in [1.29, 1.82) is 0 Å². The van der Waals surface area contributed by atoms with Crippen LogP contribution in [0.2, 0.25) is 5.02 Å². The van der Waals surface area contributed by atoms with Gasteiger partial charge in [0, 0.05) is 36.9 Å². The van der Waals surface area contributed by atoms with Crippen molar-refractivity contribution in [2.24, 2.45) is 0 Å². The molecule has 0 unspecified atom stereocenters. The average Bonchev–Trinajstić information content (AvgIpc) is 2.62. The summed E-state index contributed by atoms with van der Waals surface area (Å²) >= 11 is 5.86. The number of hydrogen-bond acceptors (Lipinski definition) is 3. The summed E-state index contributed by atoms with van der Waals surface area (Å²) < 4.78 is 27.1. The third-order valence-electron chi connectivity index (χ3n) is 4.59. The maximum absolute atomic E-state index is 12.8. The van der Waals surface area contributed by atoms with Crippen LogP contribution in [0.3, 0.4) is 0 Å². The Balaban J connectivity index is 1.75. The van der Waals surface area contributed by atoms with E-state index < -0.39 is 10.0 Å². The van der Waals surface area contributed by atoms with E-state index in [-0.39, 0.29) is 0 Å². The normalized spacial score (nSPS) is 16.4. The van der Waals surface area contributed by atoms with Gasteiger partial charge in [0.05, 0.1) is 4.90 Å². The number of nitrogens with zero attached hydrogens (tertiary/aromatic N) is 2. The van der Waals surface area contributed by atoms with E-state index in [4.69, 9.17) is 11.6 Å². The molecule has 0 N–H and O–H groups in total. The number of piperazine rings is 1. The van der Waals surface area contributed by atoms with Crippen LogP contribution in [0.4, 0.5) is 5.69 Å². The number of rotatable bonds is 4. The molecule has 3 rings (SSSR count). The molecule has 0 amide bonds. The predicted molar refractivity (Wildman–Crippen MR) is 103 cm³/mol. The molecule has 25 heavy (non-hydrogen) atoms. The third kappa shape index (κ3) is 3.84. The Kier molecular flexibility index (Phi) is 5.37. The zero-order valence-corrected chi connectivity index (χ0v) is 16.1. The number of anilines is 1. The molecule has 1 heterocycles. The van der Waals surface area contributed by atoms with Crippen molar-refractivity contribution >= 4 is 27.3 Å². The highest BCUT2D eigenvalue weighted by Gasteiger charge is 2.29. The van der Waals surface area contributed by atoms with E-state index in [1.807, 2.05) is 6.07 Å². The Morgan fingerprint density at radius 3 is 2.12 bits per heavy atom. The first-order valence-electron chi connectivity index (χ1n) is 8.49. The maximum atomic E-state index is 12.8. The van der Waals surface area contributed by atoms with Gasteiger partial charge in [-0.05, 0) is 41.8 Å². The van der Waals surface area contributed by atoms with Gasteiger partial charge in [-0.3, -0.25) is 0 Å². The molecule has 0 atom stereocenters. The molecule has 0 aromatic heterocycles. The van der Waals surface area contributed by atoms with E-state index in [2.05, 4.69) is 36.9 Å². The number of sulfonamides is 1. The van der Waals surface area contributed by atoms with Gasteiger partial charge in [0.15, 0.2) is 0 Å². The quantitative estimate of drug-likeness (QED) is 0.808. The van der Waals surface area contributed by atoms with Crippen LogP contribution in [0, 0.1) is 0 Å². The van der Waals surface area contributed by atoms with E-state index in [1.54, 1.807) is 28.6 Å². The van der Waals surface area contributed by atoms with E-state index in [1.165, 1.54) is 11.3 Å². The summed E-state index contributed by atoms with van der Waals surface area (Å²) in [5, 5.41) is 0.536. The van der Waals surface area contributed by atoms with Gasteiger partial charge in [-0.1, -0.05) is 43.6 Å². The Hall–Kier alpha value is -1.56. The van der Waals surface area contributed by atoms with Crippen molar-refractivity contribution in [3.63, 3.8) is 0 Å². The van der Waals surface area contributed by atoms with Gasteiger partial charge in [-0.15, -0.1) is 0 Å². The first kappa shape index (κ1) is 18.2. The Morgan fingerprint density at radius 1 is 0.920 bits per heavy atom. The smallest absolute Gasteiger partial charge is 0.243 e. The van der Waals surface area contributed by atoms with Crippen LogP contribution in [0.5, 0.6) is 0 Å². The minimum atomic E-state index is -3.46. The van der Waals surface area contributed by atoms with Gasteiger partial charge in [-0.2, -0.15) is 4.31 Å². The predicted octanol–water partition coefficient (Wildman–Crippen LogP) is 3.97. The van der Waals surface area contributed by atoms with Gasteiger partial charge >= 0.3 is 0 Å². The Morgan fingerprint density at radius 2 is 1.52 bits per heavy atom. The second kappa shape index (κ2) is 7.36. The summed E-state index contributed by atoms with van der Waals surface area (Å²) in [5.41, 5.74) is 2.51. The van der Waals surface area contributed by atoms with Crippen molar-refractivity contribution in [2.75, 3.05) is 31.1 Å². The fourth-order valence-electron chi connectivity index (χ4n) is 3.19. The van der Waals surface area contributed by atoms with Crippen LogP contribution < -0.4 is 4.90 Å². The van der Waals surface area contributed by atoms with Gasteiger partial charge in [0.25, 0.3) is 0 Å². The van der Waals surface area contributed by atoms with Crippen molar-refractivity contribution in [3.05, 3.63) is 59.1 Å². The molecule has 6 heteroatoms. The topological polar surface area (TPSA) is 40.6 Å². The van der Waals surface area contributed by atoms with E-state index in [0.29, 0.717) is 42.0 Å². The third-order valence-corrected chi connectivity index (χ3v) is 6.75. The van der Waals surface area contributed by atoms with Crippen molar-refractivity contribution in [3.8, 4) is 0 Å². The van der Waals surface area contributed by atoms with Crippen LogP contribution >= 0.6 is 11.6 Å². The molecule has 0 aliphatic carbocycles. The number of hydrogen-bond donors (Lipinski definition) is 0. The number of benzene rings is 2. The summed E-state index contributed by atoms with van der Waals surface area (Å²) in [6.07, 6.45) is 0. The molecule has 2 aromatic rings. The highest BCUT2D eigenvalue weighted by atomic mass is 35.5. The van der Waals surface area contributed by atoms with Crippen LogP contribution in [0.1, 0.15) is 25.3 Å². The van der Waals surface area contributed by atoms with Gasteiger partial charge in [0.1, 0.15) is 0 Å². The Bertz CT molecular complexity index is 827. The molecule has 1 aliphatic heterocycles. The molecule has 4 nitrogen and oxygen atoms in total. The molecule has 0 spiro atoms. The lowest BCUT2D eigenvalue weighted by atomic mass is 10.00. The fourth-order valence-corrected chi connectivity index (χ4v) is 4.74. The number of para-hydroxylation sites is 1. The summed E-state index contributed by atoms with van der Waals surface area (Å²) in [5.74, 6) is 0.437. The number of halogens is 1. The molecule has 0 bridgehead atoms. The monoisotopic (exact) mass is 378 g/mol. The van der Waals surface area contributed by atoms with Crippen molar-refractivity contribution < 1.29 is 8.42 Å². The lowest BCUT2D eigenvalue weighted by Crippen LogP contribution is -2.48. The average molecular weight is 379 g/mol. The summed E-state index contributed by atoms with van der Waals surface area (Å²) in [6.45, 7) is 6.71. The van der Waals surface area contributed by atoms with Crippen LogP contribution in [0.25, 0.3) is 0 Å². The van der Waals surface area contributed by atoms with Crippen LogP contribution in [-0.2, 0) is 10.0 Å². The second-order valence-corrected chi connectivity index (χ2v) is 8.93. The highest BCUT2D eigenvalue weighted by molar-refractivity contribution is 7.89. The summed E-state index contributed by atoms with van der Waals surface area (Å²) in [6, 6.07) is 14.7. The fraction of sp³-hybridized carbons (Fsp3) is 0.368. The minimum absolute atomic E-state index is 0.299. The summed E-state index contributed by atoms with van der Waals surface area (Å²) in [7, 11) is -3.46. The Labute approximate surface area is 155 Å². The van der Waals surface area contributed by atoms with E-state index in [0.717, 1.165) is 0 Å². The molecule has 1 fully saturated rings. The molecule has 1 saturated heterocycles. The largest absolute Gasteiger partial charge is 0.369 e. The first-order chi connectivity index (χ1) is 11.9. The first-order valence-corrected chi connectivity index (χ1v) is 10.3. The van der Waals surface area contributed by atoms with Crippen LogP contribution in [0.15, 0.2) is 53.4 Å². The van der Waals surface area contributed by atoms with Gasteiger partial charge < -0.3 is 4.90 Å². The molecule has 1 aliphatic rings. The molecular formula is C19H23ClN2O2S. The standard InChI is InChI=1S/C19H23ClN2O2S/c1-15(2)18-5-3-4-6-19(18)21-11-13-22(14-12-21)25(23,24)17-9-7-16(20)8-10-17/h3-10,15H,11-14H2,1-2H3. The van der Waals surface area contributed by atoms with Crippen molar-refractivity contribution in [2.45, 2.75) is 24.7 Å². The van der Waals surface area contributed by atoms with E-state index >= 15 is 0 Å². The molecule has 0 radical (unpaired) electrons. The lowest BCUT2D eigenvalue weighted by Gasteiger charge is -2.36. The molecular weight excluding hydrogens is 356 g/mol. The molecule has 0 saturated carbocycles. The SMILES string of the molecule is CC(C)c1ccccc1N1CCN(S(=O)(=O)c2ccc(Cl)cc2)CC1. The zero-order valence-electron chi connectivity index (χ0n) is 14.5. The maximum Gasteiger partial charge on any atom is 0.243 e. The van der Waals surface area contributed by atoms with E-state index in [9.17, 15) is 8.42 Å². The summed E-state index contributed by atoms with van der Waals surface area (Å²) in [4.78, 5) is 2.58. The molecule has 134 valence electrons. The zero-order chi connectivity index (χ0) is 18.0. The molecule has 2 aromatic carbocycles. The lowest BCUT2D eigenvalue weighted by molar-refractivity contribution is 0.384. The second-order valence-electron chi connectivity index (χ2n) is 6.56. The van der Waals surface area contributed by atoms with Gasteiger partial charge in [-0.25, -0.2) is 8.42 Å². The van der Waals surface area contributed by atoms with Crippen molar-refractivity contribution in [1.82, 2.24) is 4.31 Å². The van der Waals surface area contributed by atoms with Crippen LogP contribution in [-0.4, -0.2) is 38.9 Å². The highest BCUT2D eigenvalue weighted by Crippen LogP contribution is 2.29.